The lowest BCUT2D eigenvalue weighted by Crippen LogP contribution is -2.12. The van der Waals surface area contributed by atoms with E-state index in [0.717, 1.165) is 6.54 Å². The highest BCUT2D eigenvalue weighted by Gasteiger charge is 2.15. The van der Waals surface area contributed by atoms with Crippen LogP contribution >= 0.6 is 27.5 Å². The maximum absolute atomic E-state index is 14.0. The summed E-state index contributed by atoms with van der Waals surface area (Å²) in [5, 5.41) is 3.50. The molecule has 2 aromatic carbocycles. The zero-order chi connectivity index (χ0) is 15.4. The molecule has 0 fully saturated rings. The monoisotopic (exact) mass is 375 g/mol. The zero-order valence-electron chi connectivity index (χ0n) is 11.2. The number of rotatable bonds is 5. The van der Waals surface area contributed by atoms with E-state index in [1.54, 1.807) is 12.1 Å². The second-order valence-corrected chi connectivity index (χ2v) is 5.64. The van der Waals surface area contributed by atoms with Crippen molar-refractivity contribution in [3.05, 3.63) is 57.0 Å². The van der Waals surface area contributed by atoms with Crippen molar-refractivity contribution in [1.29, 1.82) is 0 Å². The molecular weight excluding hydrogens is 364 g/mol. The van der Waals surface area contributed by atoms with E-state index in [-0.39, 0.29) is 5.75 Å². The Kier molecular flexibility index (Phi) is 5.56. The van der Waals surface area contributed by atoms with Crippen molar-refractivity contribution >= 4 is 27.5 Å². The Bertz CT molecular complexity index is 629. The summed E-state index contributed by atoms with van der Waals surface area (Å²) in [6, 6.07) is 7.22. The van der Waals surface area contributed by atoms with Gasteiger partial charge in [-0.2, -0.15) is 0 Å². The van der Waals surface area contributed by atoms with Gasteiger partial charge in [-0.3, -0.25) is 0 Å². The van der Waals surface area contributed by atoms with Gasteiger partial charge in [0.15, 0.2) is 17.4 Å². The second kappa shape index (κ2) is 7.20. The van der Waals surface area contributed by atoms with E-state index in [9.17, 15) is 8.78 Å². The Morgan fingerprint density at radius 3 is 2.43 bits per heavy atom. The van der Waals surface area contributed by atoms with Crippen LogP contribution in [0, 0.1) is 11.6 Å². The lowest BCUT2D eigenvalue weighted by Gasteiger charge is -2.11. The number of hydrogen-bond donors (Lipinski definition) is 1. The molecule has 0 spiro atoms. The lowest BCUT2D eigenvalue weighted by molar-refractivity contribution is 0.404. The third kappa shape index (κ3) is 4.15. The number of halogens is 4. The van der Waals surface area contributed by atoms with Crippen LogP contribution in [0.3, 0.4) is 0 Å². The molecule has 0 aromatic heterocycles. The highest BCUT2D eigenvalue weighted by Crippen LogP contribution is 2.34. The van der Waals surface area contributed by atoms with Gasteiger partial charge in [0, 0.05) is 11.6 Å². The van der Waals surface area contributed by atoms with Crippen molar-refractivity contribution in [2.24, 2.45) is 0 Å². The summed E-state index contributed by atoms with van der Waals surface area (Å²) in [5.74, 6) is -1.63. The highest BCUT2D eigenvalue weighted by atomic mass is 79.9. The van der Waals surface area contributed by atoms with Crippen molar-refractivity contribution in [3.63, 3.8) is 0 Å². The number of hydrogen-bond acceptors (Lipinski definition) is 2. The van der Waals surface area contributed by atoms with Crippen molar-refractivity contribution in [1.82, 2.24) is 5.32 Å². The van der Waals surface area contributed by atoms with Crippen LogP contribution in [0.25, 0.3) is 0 Å². The lowest BCUT2D eigenvalue weighted by atomic mass is 10.2. The topological polar surface area (TPSA) is 21.3 Å². The van der Waals surface area contributed by atoms with Gasteiger partial charge in [-0.25, -0.2) is 8.78 Å². The van der Waals surface area contributed by atoms with E-state index in [1.165, 1.54) is 18.2 Å². The quantitative estimate of drug-likeness (QED) is 0.766. The molecule has 21 heavy (non-hydrogen) atoms. The molecule has 0 saturated heterocycles. The van der Waals surface area contributed by atoms with E-state index in [0.29, 0.717) is 21.6 Å². The molecule has 6 heteroatoms. The molecule has 2 rings (SSSR count). The van der Waals surface area contributed by atoms with Gasteiger partial charge in [0.2, 0.25) is 0 Å². The molecule has 112 valence electrons. The molecule has 0 aliphatic rings. The molecule has 2 aromatic rings. The largest absolute Gasteiger partial charge is 0.450 e. The normalized spacial score (nSPS) is 10.7. The van der Waals surface area contributed by atoms with Crippen LogP contribution in [0.4, 0.5) is 8.78 Å². The summed E-state index contributed by atoms with van der Waals surface area (Å²) < 4.78 is 33.8. The van der Waals surface area contributed by atoms with Crippen molar-refractivity contribution in [2.75, 3.05) is 6.54 Å². The number of ether oxygens (including phenoxy) is 1. The zero-order valence-corrected chi connectivity index (χ0v) is 13.6. The Hall–Kier alpha value is -1.17. The van der Waals surface area contributed by atoms with E-state index in [1.807, 2.05) is 6.92 Å². The first kappa shape index (κ1) is 16.2. The second-order valence-electron chi connectivity index (χ2n) is 4.35. The molecule has 1 N–H and O–H groups in total. The van der Waals surface area contributed by atoms with Crippen molar-refractivity contribution in [2.45, 2.75) is 13.5 Å². The van der Waals surface area contributed by atoms with Crippen LogP contribution in [-0.4, -0.2) is 6.54 Å². The maximum Gasteiger partial charge on any atom is 0.198 e. The molecule has 0 aliphatic carbocycles. The minimum atomic E-state index is -0.746. The van der Waals surface area contributed by atoms with Gasteiger partial charge in [-0.1, -0.05) is 18.5 Å². The fourth-order valence-electron chi connectivity index (χ4n) is 1.75. The molecule has 0 bridgehead atoms. The Labute approximate surface area is 135 Å². The van der Waals surface area contributed by atoms with Crippen LogP contribution in [-0.2, 0) is 6.54 Å². The minimum Gasteiger partial charge on any atom is -0.450 e. The molecular formula is C15H13BrClF2NO. The fraction of sp³-hybridized carbons (Fsp3) is 0.200. The standard InChI is InChI=1S/C15H13BrClF2NO/c1-2-20-8-9-5-12(18)15(13(19)6-9)21-14-4-3-10(17)7-11(14)16/h3-7,20H,2,8H2,1H3. The van der Waals surface area contributed by atoms with E-state index in [2.05, 4.69) is 21.2 Å². The molecule has 0 radical (unpaired) electrons. The fourth-order valence-corrected chi connectivity index (χ4v) is 2.51. The summed E-state index contributed by atoms with van der Waals surface area (Å²) >= 11 is 9.05. The van der Waals surface area contributed by atoms with E-state index in [4.69, 9.17) is 16.3 Å². The van der Waals surface area contributed by atoms with Crippen molar-refractivity contribution in [3.8, 4) is 11.5 Å². The van der Waals surface area contributed by atoms with Gasteiger partial charge in [0.05, 0.1) is 4.47 Å². The van der Waals surface area contributed by atoms with Gasteiger partial charge in [0.1, 0.15) is 5.75 Å². The molecule has 0 amide bonds. The summed E-state index contributed by atoms with van der Waals surface area (Å²) in [6.45, 7) is 3.04. The third-order valence-corrected chi connectivity index (χ3v) is 3.60. The summed E-state index contributed by atoms with van der Waals surface area (Å²) in [5.41, 5.74) is 0.523. The first-order valence-corrected chi connectivity index (χ1v) is 7.50. The van der Waals surface area contributed by atoms with Gasteiger partial charge in [-0.15, -0.1) is 0 Å². The Balaban J connectivity index is 2.27. The molecule has 2 nitrogen and oxygen atoms in total. The molecule has 0 heterocycles. The van der Waals surface area contributed by atoms with E-state index >= 15 is 0 Å². The Morgan fingerprint density at radius 1 is 1.19 bits per heavy atom. The van der Waals surface area contributed by atoms with Crippen LogP contribution in [0.2, 0.25) is 5.02 Å². The average molecular weight is 377 g/mol. The summed E-state index contributed by atoms with van der Waals surface area (Å²) in [4.78, 5) is 0. The minimum absolute atomic E-state index is 0.289. The predicted octanol–water partition coefficient (Wildman–Crippen LogP) is 5.28. The van der Waals surface area contributed by atoms with Crippen LogP contribution in [0.1, 0.15) is 12.5 Å². The molecule has 0 saturated carbocycles. The first-order valence-electron chi connectivity index (χ1n) is 6.32. The third-order valence-electron chi connectivity index (χ3n) is 2.74. The maximum atomic E-state index is 14.0. The predicted molar refractivity (Wildman–Crippen MR) is 83.0 cm³/mol. The van der Waals surface area contributed by atoms with Gasteiger partial charge < -0.3 is 10.1 Å². The summed E-state index contributed by atoms with van der Waals surface area (Å²) in [6.07, 6.45) is 0. The number of benzene rings is 2. The summed E-state index contributed by atoms with van der Waals surface area (Å²) in [7, 11) is 0. The highest BCUT2D eigenvalue weighted by molar-refractivity contribution is 9.10. The SMILES string of the molecule is CCNCc1cc(F)c(Oc2ccc(Cl)cc2Br)c(F)c1. The average Bonchev–Trinajstić information content (AvgIpc) is 2.42. The van der Waals surface area contributed by atoms with E-state index < -0.39 is 17.4 Å². The van der Waals surface area contributed by atoms with Crippen LogP contribution < -0.4 is 10.1 Å². The molecule has 0 atom stereocenters. The van der Waals surface area contributed by atoms with Gasteiger partial charge >= 0.3 is 0 Å². The smallest absolute Gasteiger partial charge is 0.198 e. The van der Waals surface area contributed by atoms with Gasteiger partial charge in [-0.05, 0) is 58.4 Å². The van der Waals surface area contributed by atoms with Crippen LogP contribution in [0.15, 0.2) is 34.8 Å². The number of nitrogens with one attached hydrogen (secondary N) is 1. The van der Waals surface area contributed by atoms with Crippen LogP contribution in [0.5, 0.6) is 11.5 Å². The molecule has 0 unspecified atom stereocenters. The Morgan fingerprint density at radius 2 is 1.86 bits per heavy atom. The molecule has 0 aliphatic heterocycles. The first-order chi connectivity index (χ1) is 10.0. The van der Waals surface area contributed by atoms with Crippen molar-refractivity contribution < 1.29 is 13.5 Å². The van der Waals surface area contributed by atoms with Gasteiger partial charge in [0.25, 0.3) is 0 Å².